The van der Waals surface area contributed by atoms with Crippen LogP contribution in [0, 0.1) is 0 Å². The average molecular weight is 143 g/mol. The van der Waals surface area contributed by atoms with Crippen molar-refractivity contribution in [2.75, 3.05) is 0 Å². The highest BCUT2D eigenvalue weighted by molar-refractivity contribution is 7.13. The molecule has 0 aromatic carbocycles. The summed E-state index contributed by atoms with van der Waals surface area (Å²) in [6.07, 6.45) is 5.02. The van der Waals surface area contributed by atoms with E-state index in [1.165, 1.54) is 6.08 Å². The molecule has 1 N–H and O–H groups in total. The number of ketones is 1. The van der Waals surface area contributed by atoms with Crippen LogP contribution in [0.1, 0.15) is 6.42 Å². The molecule has 0 spiro atoms. The fourth-order valence-electron chi connectivity index (χ4n) is 0.351. The lowest BCUT2D eigenvalue weighted by Gasteiger charge is -1.84. The SMILES string of the molecule is C=CCC(=O)/C=C\NP. The van der Waals surface area contributed by atoms with Crippen LogP contribution in [0.5, 0.6) is 0 Å². The van der Waals surface area contributed by atoms with Crippen LogP contribution in [-0.2, 0) is 4.79 Å². The first-order valence-corrected chi connectivity index (χ1v) is 3.15. The summed E-state index contributed by atoms with van der Waals surface area (Å²) < 4.78 is 0. The van der Waals surface area contributed by atoms with E-state index in [1.807, 2.05) is 0 Å². The maximum atomic E-state index is 10.6. The van der Waals surface area contributed by atoms with Gasteiger partial charge in [-0.25, -0.2) is 0 Å². The van der Waals surface area contributed by atoms with Crippen LogP contribution in [0.3, 0.4) is 0 Å². The van der Waals surface area contributed by atoms with Crippen LogP contribution >= 0.6 is 9.39 Å². The van der Waals surface area contributed by atoms with E-state index >= 15 is 0 Å². The minimum absolute atomic E-state index is 0.0555. The smallest absolute Gasteiger partial charge is 0.160 e. The Morgan fingerprint density at radius 1 is 1.78 bits per heavy atom. The van der Waals surface area contributed by atoms with E-state index in [4.69, 9.17) is 0 Å². The van der Waals surface area contributed by atoms with E-state index in [2.05, 4.69) is 21.1 Å². The molecule has 0 radical (unpaired) electrons. The topological polar surface area (TPSA) is 29.1 Å². The Kier molecular flexibility index (Phi) is 5.14. The zero-order chi connectivity index (χ0) is 7.11. The second kappa shape index (κ2) is 5.52. The number of carbonyl (C=O) groups excluding carboxylic acids is 1. The highest BCUT2D eigenvalue weighted by Crippen LogP contribution is 1.84. The van der Waals surface area contributed by atoms with Crippen molar-refractivity contribution in [1.82, 2.24) is 5.09 Å². The second-order valence-electron chi connectivity index (χ2n) is 1.46. The first-order chi connectivity index (χ1) is 4.31. The monoisotopic (exact) mass is 143 g/mol. The molecule has 50 valence electrons. The van der Waals surface area contributed by atoms with Gasteiger partial charge < -0.3 is 5.09 Å². The predicted molar refractivity (Wildman–Crippen MR) is 41.8 cm³/mol. The maximum absolute atomic E-state index is 10.6. The van der Waals surface area contributed by atoms with Crippen LogP contribution < -0.4 is 5.09 Å². The van der Waals surface area contributed by atoms with Crippen LogP contribution in [0.4, 0.5) is 0 Å². The normalized spacial score (nSPS) is 9.44. The number of rotatable bonds is 4. The van der Waals surface area contributed by atoms with Gasteiger partial charge in [0.25, 0.3) is 0 Å². The Bertz CT molecular complexity index is 131. The molecule has 9 heavy (non-hydrogen) atoms. The summed E-state index contributed by atoms with van der Waals surface area (Å²) >= 11 is 0. The van der Waals surface area contributed by atoms with Gasteiger partial charge in [-0.2, -0.15) is 0 Å². The zero-order valence-electron chi connectivity index (χ0n) is 5.13. The molecule has 2 nitrogen and oxygen atoms in total. The standard InChI is InChI=1S/C6H10NOP/c1-2-3-6(8)4-5-7-9/h2,4-5,7H,1,3,9H2/b5-4-. The predicted octanol–water partition coefficient (Wildman–Crippen LogP) is 1.02. The number of nitrogens with one attached hydrogen (secondary N) is 1. The van der Waals surface area contributed by atoms with Crippen molar-refractivity contribution in [3.63, 3.8) is 0 Å². The van der Waals surface area contributed by atoms with Crippen molar-refractivity contribution in [2.45, 2.75) is 6.42 Å². The molecule has 0 saturated carbocycles. The molecule has 3 heteroatoms. The molecule has 1 unspecified atom stereocenters. The Morgan fingerprint density at radius 2 is 2.44 bits per heavy atom. The Labute approximate surface area is 57.3 Å². The fourth-order valence-corrected chi connectivity index (χ4v) is 0.448. The largest absolute Gasteiger partial charge is 0.375 e. The molecule has 0 aromatic rings. The Morgan fingerprint density at radius 3 is 2.89 bits per heavy atom. The van der Waals surface area contributed by atoms with Crippen molar-refractivity contribution < 1.29 is 4.79 Å². The third-order valence-corrected chi connectivity index (χ3v) is 0.903. The second-order valence-corrected chi connectivity index (χ2v) is 1.79. The molecule has 0 amide bonds. The number of hydrogen-bond acceptors (Lipinski definition) is 2. The van der Waals surface area contributed by atoms with E-state index < -0.39 is 0 Å². The Hall–Kier alpha value is -0.620. The lowest BCUT2D eigenvalue weighted by Crippen LogP contribution is -1.90. The summed E-state index contributed by atoms with van der Waals surface area (Å²) in [5, 5.41) is 2.64. The van der Waals surface area contributed by atoms with Crippen molar-refractivity contribution in [2.24, 2.45) is 0 Å². The fraction of sp³-hybridized carbons (Fsp3) is 0.167. The molecular formula is C6H10NOP. The molecule has 0 aliphatic rings. The number of hydrogen-bond donors (Lipinski definition) is 1. The third kappa shape index (κ3) is 5.25. The summed E-state index contributed by atoms with van der Waals surface area (Å²) in [6.45, 7) is 3.43. The maximum Gasteiger partial charge on any atom is 0.160 e. The van der Waals surface area contributed by atoms with Crippen LogP contribution in [0.2, 0.25) is 0 Å². The van der Waals surface area contributed by atoms with Gasteiger partial charge >= 0.3 is 0 Å². The third-order valence-electron chi connectivity index (χ3n) is 0.711. The van der Waals surface area contributed by atoms with Gasteiger partial charge in [0, 0.05) is 12.6 Å². The van der Waals surface area contributed by atoms with Gasteiger partial charge in [-0.15, -0.1) is 6.58 Å². The lowest BCUT2D eigenvalue weighted by atomic mass is 10.3. The van der Waals surface area contributed by atoms with Gasteiger partial charge in [-0.3, -0.25) is 4.79 Å². The van der Waals surface area contributed by atoms with Crippen LogP contribution in [0.15, 0.2) is 24.9 Å². The first-order valence-electron chi connectivity index (χ1n) is 2.57. The van der Waals surface area contributed by atoms with E-state index in [1.54, 1.807) is 12.3 Å². The summed E-state index contributed by atoms with van der Waals surface area (Å²) in [5.74, 6) is 0.0555. The van der Waals surface area contributed by atoms with Crippen LogP contribution in [-0.4, -0.2) is 5.78 Å². The summed E-state index contributed by atoms with van der Waals surface area (Å²) in [5.41, 5.74) is 0. The molecule has 0 saturated heterocycles. The molecule has 1 atom stereocenters. The van der Waals surface area contributed by atoms with Gasteiger partial charge in [0.05, 0.1) is 0 Å². The van der Waals surface area contributed by atoms with Gasteiger partial charge in [0.15, 0.2) is 5.78 Å². The minimum atomic E-state index is 0.0555. The molecule has 0 heterocycles. The van der Waals surface area contributed by atoms with Gasteiger partial charge in [-0.1, -0.05) is 6.08 Å². The highest BCUT2D eigenvalue weighted by Gasteiger charge is 1.87. The Balaban J connectivity index is 3.49. The molecule has 0 aliphatic carbocycles. The van der Waals surface area contributed by atoms with Crippen molar-refractivity contribution in [3.05, 3.63) is 24.9 Å². The van der Waals surface area contributed by atoms with E-state index in [-0.39, 0.29) is 5.78 Å². The summed E-state index contributed by atoms with van der Waals surface area (Å²) in [4.78, 5) is 10.6. The van der Waals surface area contributed by atoms with Gasteiger partial charge in [0.1, 0.15) is 0 Å². The molecule has 0 aromatic heterocycles. The molecular weight excluding hydrogens is 133 g/mol. The molecule has 0 aliphatic heterocycles. The van der Waals surface area contributed by atoms with Gasteiger partial charge in [-0.05, 0) is 15.5 Å². The van der Waals surface area contributed by atoms with E-state index in [9.17, 15) is 4.79 Å². The summed E-state index contributed by atoms with van der Waals surface area (Å²) in [7, 11) is 2.27. The van der Waals surface area contributed by atoms with Crippen LogP contribution in [0.25, 0.3) is 0 Å². The number of carbonyl (C=O) groups is 1. The van der Waals surface area contributed by atoms with Crippen molar-refractivity contribution in [3.8, 4) is 0 Å². The quantitative estimate of drug-likeness (QED) is 0.361. The number of allylic oxidation sites excluding steroid dienone is 2. The van der Waals surface area contributed by atoms with E-state index in [0.717, 1.165) is 0 Å². The molecule has 0 rings (SSSR count). The minimum Gasteiger partial charge on any atom is -0.375 e. The van der Waals surface area contributed by atoms with Crippen molar-refractivity contribution in [1.29, 1.82) is 0 Å². The highest BCUT2D eigenvalue weighted by atomic mass is 31.0. The van der Waals surface area contributed by atoms with Gasteiger partial charge in [0.2, 0.25) is 0 Å². The van der Waals surface area contributed by atoms with Crippen molar-refractivity contribution >= 4 is 15.2 Å². The molecule has 0 bridgehead atoms. The lowest BCUT2D eigenvalue weighted by molar-refractivity contribution is -0.113. The summed E-state index contributed by atoms with van der Waals surface area (Å²) in [6, 6.07) is 0. The zero-order valence-corrected chi connectivity index (χ0v) is 6.29. The first kappa shape index (κ1) is 8.38. The molecule has 0 fully saturated rings. The average Bonchev–Trinajstić information content (AvgIpc) is 1.85. The van der Waals surface area contributed by atoms with E-state index in [0.29, 0.717) is 6.42 Å².